The molecule has 1 aromatic rings. The van der Waals surface area contributed by atoms with Crippen molar-refractivity contribution in [3.8, 4) is 0 Å². The molecule has 0 saturated carbocycles. The van der Waals surface area contributed by atoms with Gasteiger partial charge in [-0.15, -0.1) is 0 Å². The van der Waals surface area contributed by atoms with Crippen LogP contribution in [0.2, 0.25) is 0 Å². The van der Waals surface area contributed by atoms with Crippen molar-refractivity contribution in [3.05, 3.63) is 33.1 Å². The minimum atomic E-state index is -1.05. The van der Waals surface area contributed by atoms with Crippen LogP contribution in [0.4, 0.5) is 4.48 Å². The Kier molecular flexibility index (Phi) is 6.50. The molecule has 0 bridgehead atoms. The predicted octanol–water partition coefficient (Wildman–Crippen LogP) is 0.229. The summed E-state index contributed by atoms with van der Waals surface area (Å²) < 4.78 is 16.5. The molecule has 0 radical (unpaired) electrons. The largest absolute Gasteiger partial charge is 0.466 e. The van der Waals surface area contributed by atoms with Gasteiger partial charge in [-0.25, -0.2) is 4.79 Å². The summed E-state index contributed by atoms with van der Waals surface area (Å²) in [5.41, 5.74) is -2.01. The second kappa shape index (κ2) is 7.38. The molecule has 1 N–H and O–H groups in total. The number of hydrogen-bond donors (Lipinski definition) is 1. The molecule has 0 aliphatic heterocycles. The third kappa shape index (κ3) is 5.08. The van der Waals surface area contributed by atoms with Gasteiger partial charge in [-0.1, -0.05) is 16.2 Å². The van der Waals surface area contributed by atoms with Crippen LogP contribution in [-0.2, 0) is 9.53 Å². The first-order valence-corrected chi connectivity index (χ1v) is 4.65. The van der Waals surface area contributed by atoms with E-state index < -0.39 is 16.0 Å². The molecule has 90 valence electrons. The van der Waals surface area contributed by atoms with Crippen molar-refractivity contribution >= 4 is 5.97 Å². The number of nitrogens with zero attached hydrogens (tertiary/aromatic N) is 1. The highest BCUT2D eigenvalue weighted by Gasteiger charge is 1.93. The minimum Gasteiger partial charge on any atom is -0.466 e. The zero-order valence-electron chi connectivity index (χ0n) is 9.03. The number of halogens is 1. The van der Waals surface area contributed by atoms with Crippen LogP contribution in [0.5, 0.6) is 0 Å². The molecule has 1 aromatic heterocycles. The summed E-state index contributed by atoms with van der Waals surface area (Å²) in [7, 11) is 0. The van der Waals surface area contributed by atoms with E-state index in [1.54, 1.807) is 13.8 Å². The lowest BCUT2D eigenvalue weighted by molar-refractivity contribution is -0.142. The number of nitrogens with one attached hydrogen (secondary N) is 1. The SMILES string of the molecule is CCOC(=O)CC.O=c1cc[nH]c(=O)n1F. The Morgan fingerprint density at radius 3 is 2.44 bits per heavy atom. The van der Waals surface area contributed by atoms with Gasteiger partial charge in [0, 0.05) is 18.7 Å². The van der Waals surface area contributed by atoms with Gasteiger partial charge in [0.25, 0.3) is 5.56 Å². The van der Waals surface area contributed by atoms with Crippen molar-refractivity contribution in [2.24, 2.45) is 0 Å². The second-order valence-corrected chi connectivity index (χ2v) is 2.56. The number of rotatable bonds is 2. The third-order valence-corrected chi connectivity index (χ3v) is 1.40. The highest BCUT2D eigenvalue weighted by atomic mass is 19.2. The van der Waals surface area contributed by atoms with Crippen LogP contribution in [0.15, 0.2) is 21.9 Å². The molecule has 0 fully saturated rings. The molecule has 0 saturated heterocycles. The summed E-state index contributed by atoms with van der Waals surface area (Å²) in [6.45, 7) is 4.07. The normalized spacial score (nSPS) is 8.94. The lowest BCUT2D eigenvalue weighted by Crippen LogP contribution is -2.28. The monoisotopic (exact) mass is 232 g/mol. The quantitative estimate of drug-likeness (QED) is 0.740. The minimum absolute atomic E-state index is 0.123. The number of carbonyl (C=O) groups excluding carboxylic acids is 1. The molecule has 7 heteroatoms. The van der Waals surface area contributed by atoms with Gasteiger partial charge in [-0.2, -0.15) is 0 Å². The number of carbonyl (C=O) groups is 1. The number of aromatic nitrogens is 2. The van der Waals surface area contributed by atoms with E-state index in [2.05, 4.69) is 4.74 Å². The zero-order chi connectivity index (χ0) is 12.6. The van der Waals surface area contributed by atoms with E-state index in [4.69, 9.17) is 0 Å². The Bertz CT molecular complexity index is 409. The van der Waals surface area contributed by atoms with E-state index >= 15 is 0 Å². The van der Waals surface area contributed by atoms with Crippen LogP contribution in [0.1, 0.15) is 20.3 Å². The van der Waals surface area contributed by atoms with Gasteiger partial charge in [0.1, 0.15) is 0 Å². The Hall–Kier alpha value is -1.92. The maximum Gasteiger partial charge on any atom is 0.357 e. The first-order valence-electron chi connectivity index (χ1n) is 4.65. The van der Waals surface area contributed by atoms with Crippen molar-refractivity contribution < 1.29 is 14.0 Å². The van der Waals surface area contributed by atoms with E-state index in [0.717, 1.165) is 12.3 Å². The van der Waals surface area contributed by atoms with Gasteiger partial charge >= 0.3 is 11.7 Å². The zero-order valence-corrected chi connectivity index (χ0v) is 9.03. The fraction of sp³-hybridized carbons (Fsp3) is 0.444. The molecular formula is C9H13FN2O4. The molecular weight excluding hydrogens is 219 g/mol. The summed E-state index contributed by atoms with van der Waals surface area (Å²) in [5, 5.41) is 0. The van der Waals surface area contributed by atoms with Gasteiger partial charge < -0.3 is 9.72 Å². The molecule has 6 nitrogen and oxygen atoms in total. The van der Waals surface area contributed by atoms with Gasteiger partial charge in [-0.05, 0) is 6.92 Å². The molecule has 1 rings (SSSR count). The Balaban J connectivity index is 0.000000293. The number of hydrogen-bond acceptors (Lipinski definition) is 4. The molecule has 1 heterocycles. The maximum atomic E-state index is 12.0. The predicted molar refractivity (Wildman–Crippen MR) is 54.8 cm³/mol. The lowest BCUT2D eigenvalue weighted by atomic mass is 10.5. The average Bonchev–Trinajstić information content (AvgIpc) is 2.27. The Labute approximate surface area is 90.6 Å². The summed E-state index contributed by atoms with van der Waals surface area (Å²) in [6, 6.07) is 0.918. The van der Waals surface area contributed by atoms with Crippen LogP contribution >= 0.6 is 0 Å². The number of H-pyrrole nitrogens is 1. The number of ether oxygens (including phenoxy) is 1. The standard InChI is InChI=1S/C5H10O2.C4H3FN2O2/c1-3-5(6)7-4-2;5-7-3(8)1-2-6-4(7)9/h3-4H2,1-2H3;1-2H,(H,6,9). The van der Waals surface area contributed by atoms with E-state index in [1.807, 2.05) is 4.98 Å². The van der Waals surface area contributed by atoms with Crippen molar-refractivity contribution in [1.82, 2.24) is 9.77 Å². The smallest absolute Gasteiger partial charge is 0.357 e. The van der Waals surface area contributed by atoms with E-state index in [-0.39, 0.29) is 5.97 Å². The topological polar surface area (TPSA) is 81.2 Å². The highest BCUT2D eigenvalue weighted by Crippen LogP contribution is 1.80. The molecule has 16 heavy (non-hydrogen) atoms. The fourth-order valence-corrected chi connectivity index (χ4v) is 0.669. The third-order valence-electron chi connectivity index (χ3n) is 1.40. The van der Waals surface area contributed by atoms with Crippen molar-refractivity contribution in [2.45, 2.75) is 20.3 Å². The average molecular weight is 232 g/mol. The highest BCUT2D eigenvalue weighted by molar-refractivity contribution is 5.68. The van der Waals surface area contributed by atoms with Crippen LogP contribution in [0, 0.1) is 0 Å². The van der Waals surface area contributed by atoms with E-state index in [1.165, 1.54) is 0 Å². The molecule has 0 atom stereocenters. The van der Waals surface area contributed by atoms with Crippen molar-refractivity contribution in [2.75, 3.05) is 6.61 Å². The van der Waals surface area contributed by atoms with Crippen LogP contribution in [0.25, 0.3) is 0 Å². The molecule has 0 aliphatic rings. The Morgan fingerprint density at radius 1 is 1.50 bits per heavy atom. The first kappa shape index (κ1) is 14.1. The summed E-state index contributed by atoms with van der Waals surface area (Å²) in [6.07, 6.45) is 1.56. The number of aromatic amines is 1. The first-order chi connectivity index (χ1) is 7.52. The van der Waals surface area contributed by atoms with Gasteiger partial charge in [0.05, 0.1) is 6.61 Å². The fourth-order valence-electron chi connectivity index (χ4n) is 0.669. The molecule has 0 spiro atoms. The van der Waals surface area contributed by atoms with Crippen LogP contribution in [0.3, 0.4) is 0 Å². The summed E-state index contributed by atoms with van der Waals surface area (Å²) >= 11 is 0. The maximum absolute atomic E-state index is 12.0. The molecule has 0 unspecified atom stereocenters. The van der Waals surface area contributed by atoms with Crippen molar-refractivity contribution in [1.29, 1.82) is 0 Å². The molecule has 0 aliphatic carbocycles. The van der Waals surface area contributed by atoms with Gasteiger partial charge in [0.15, 0.2) is 0 Å². The van der Waals surface area contributed by atoms with Crippen LogP contribution in [-0.4, -0.2) is 22.3 Å². The summed E-state index contributed by atoms with van der Waals surface area (Å²) in [4.78, 5) is 32.0. The molecule has 0 amide bonds. The summed E-state index contributed by atoms with van der Waals surface area (Å²) in [5.74, 6) is -0.123. The van der Waals surface area contributed by atoms with Crippen molar-refractivity contribution in [3.63, 3.8) is 0 Å². The second-order valence-electron chi connectivity index (χ2n) is 2.56. The van der Waals surface area contributed by atoms with Crippen LogP contribution < -0.4 is 11.2 Å². The Morgan fingerprint density at radius 2 is 2.12 bits per heavy atom. The van der Waals surface area contributed by atoms with E-state index in [0.29, 0.717) is 13.0 Å². The molecule has 0 aromatic carbocycles. The van der Waals surface area contributed by atoms with E-state index in [9.17, 15) is 18.9 Å². The van der Waals surface area contributed by atoms with Gasteiger partial charge in [-0.3, -0.25) is 9.59 Å². The van der Waals surface area contributed by atoms with Gasteiger partial charge in [0.2, 0.25) is 0 Å². The lowest BCUT2D eigenvalue weighted by Gasteiger charge is -1.93. The number of esters is 1.